The minimum absolute atomic E-state index is 0.103. The molecule has 1 N–H and O–H groups in total. The summed E-state index contributed by atoms with van der Waals surface area (Å²) in [5.74, 6) is 1.55. The van der Waals surface area contributed by atoms with Gasteiger partial charge in [0.1, 0.15) is 24.5 Å². The molecular formula is C19H20FN5O3. The van der Waals surface area contributed by atoms with Crippen LogP contribution < -0.4 is 14.8 Å². The highest BCUT2D eigenvalue weighted by atomic mass is 19.1. The fourth-order valence-electron chi connectivity index (χ4n) is 3.66. The summed E-state index contributed by atoms with van der Waals surface area (Å²) in [7, 11) is 0. The van der Waals surface area contributed by atoms with E-state index in [1.54, 1.807) is 23.0 Å². The van der Waals surface area contributed by atoms with E-state index in [1.165, 1.54) is 6.07 Å². The lowest BCUT2D eigenvalue weighted by molar-refractivity contribution is 0.0682. The number of benzene rings is 1. The molecule has 0 saturated carbocycles. The predicted molar refractivity (Wildman–Crippen MR) is 98.2 cm³/mol. The van der Waals surface area contributed by atoms with E-state index in [0.29, 0.717) is 42.5 Å². The van der Waals surface area contributed by atoms with Crippen LogP contribution in [-0.4, -0.2) is 45.5 Å². The SMILES string of the molecule is Fc1ccc2c(c1CNc1ncc(OCC3CCCO3)c3nncn13)CCO2. The van der Waals surface area contributed by atoms with Gasteiger partial charge in [-0.15, -0.1) is 10.2 Å². The molecule has 8 nitrogen and oxygen atoms in total. The number of anilines is 1. The topological polar surface area (TPSA) is 82.8 Å². The maximum Gasteiger partial charge on any atom is 0.210 e. The molecule has 146 valence electrons. The van der Waals surface area contributed by atoms with Gasteiger partial charge in [0.2, 0.25) is 11.6 Å². The Kier molecular flexibility index (Phi) is 4.44. The van der Waals surface area contributed by atoms with E-state index in [9.17, 15) is 4.39 Å². The molecule has 9 heteroatoms. The Balaban J connectivity index is 1.35. The molecular weight excluding hydrogens is 365 g/mol. The Morgan fingerprint density at radius 2 is 2.29 bits per heavy atom. The summed E-state index contributed by atoms with van der Waals surface area (Å²) in [6, 6.07) is 3.11. The van der Waals surface area contributed by atoms with E-state index in [0.717, 1.165) is 30.8 Å². The number of hydrogen-bond acceptors (Lipinski definition) is 7. The van der Waals surface area contributed by atoms with Crippen LogP contribution in [0.3, 0.4) is 0 Å². The highest BCUT2D eigenvalue weighted by Gasteiger charge is 2.21. The number of aromatic nitrogens is 4. The molecule has 0 amide bonds. The molecule has 0 aliphatic carbocycles. The normalized spacial score (nSPS) is 18.2. The zero-order valence-corrected chi connectivity index (χ0v) is 15.2. The van der Waals surface area contributed by atoms with Crippen molar-refractivity contribution in [3.63, 3.8) is 0 Å². The van der Waals surface area contributed by atoms with E-state index in [-0.39, 0.29) is 18.5 Å². The third-order valence-corrected chi connectivity index (χ3v) is 5.11. The molecule has 1 saturated heterocycles. The number of fused-ring (bicyclic) bond motifs is 2. The van der Waals surface area contributed by atoms with Crippen molar-refractivity contribution in [3.05, 3.63) is 41.6 Å². The molecule has 2 aromatic heterocycles. The predicted octanol–water partition coefficient (Wildman–Crippen LogP) is 2.37. The second-order valence-corrected chi connectivity index (χ2v) is 6.87. The van der Waals surface area contributed by atoms with Gasteiger partial charge >= 0.3 is 0 Å². The minimum Gasteiger partial charge on any atom is -0.493 e. The summed E-state index contributed by atoms with van der Waals surface area (Å²) in [4.78, 5) is 4.41. The summed E-state index contributed by atoms with van der Waals surface area (Å²) < 4.78 is 33.0. The van der Waals surface area contributed by atoms with Crippen LogP contribution in [0.5, 0.6) is 11.5 Å². The van der Waals surface area contributed by atoms with Crippen LogP contribution >= 0.6 is 0 Å². The molecule has 1 fully saturated rings. The van der Waals surface area contributed by atoms with Gasteiger partial charge < -0.3 is 19.5 Å². The maximum atomic E-state index is 14.3. The largest absolute Gasteiger partial charge is 0.493 e. The van der Waals surface area contributed by atoms with Crippen molar-refractivity contribution in [2.24, 2.45) is 0 Å². The number of hydrogen-bond donors (Lipinski definition) is 1. The van der Waals surface area contributed by atoms with Gasteiger partial charge in [-0.25, -0.2) is 13.8 Å². The zero-order valence-electron chi connectivity index (χ0n) is 15.2. The van der Waals surface area contributed by atoms with Crippen molar-refractivity contribution in [1.29, 1.82) is 0 Å². The van der Waals surface area contributed by atoms with Gasteiger partial charge in [0.25, 0.3) is 0 Å². The minimum atomic E-state index is -0.256. The lowest BCUT2D eigenvalue weighted by atomic mass is 10.0. The van der Waals surface area contributed by atoms with Crippen LogP contribution in [0.25, 0.3) is 5.65 Å². The zero-order chi connectivity index (χ0) is 18.9. The van der Waals surface area contributed by atoms with Crippen LogP contribution in [0.1, 0.15) is 24.0 Å². The van der Waals surface area contributed by atoms with Gasteiger partial charge in [0, 0.05) is 30.7 Å². The first kappa shape index (κ1) is 17.2. The van der Waals surface area contributed by atoms with Gasteiger partial charge in [0.05, 0.1) is 18.9 Å². The number of nitrogens with one attached hydrogen (secondary N) is 1. The summed E-state index contributed by atoms with van der Waals surface area (Å²) in [6.45, 7) is 2.10. The van der Waals surface area contributed by atoms with Crippen molar-refractivity contribution in [2.45, 2.75) is 31.9 Å². The highest BCUT2D eigenvalue weighted by molar-refractivity contribution is 5.56. The smallest absolute Gasteiger partial charge is 0.210 e. The van der Waals surface area contributed by atoms with Gasteiger partial charge in [-0.05, 0) is 25.0 Å². The van der Waals surface area contributed by atoms with Gasteiger partial charge in [-0.3, -0.25) is 0 Å². The highest BCUT2D eigenvalue weighted by Crippen LogP contribution is 2.30. The van der Waals surface area contributed by atoms with Gasteiger partial charge in [0.15, 0.2) is 5.75 Å². The van der Waals surface area contributed by atoms with Crippen LogP contribution in [-0.2, 0) is 17.7 Å². The summed E-state index contributed by atoms with van der Waals surface area (Å²) in [6.07, 6.45) is 6.02. The van der Waals surface area contributed by atoms with Crippen LogP contribution in [0.2, 0.25) is 0 Å². The van der Waals surface area contributed by atoms with Crippen LogP contribution in [0.4, 0.5) is 10.3 Å². The lowest BCUT2D eigenvalue weighted by Gasteiger charge is -2.14. The molecule has 0 radical (unpaired) electrons. The quantitative estimate of drug-likeness (QED) is 0.697. The van der Waals surface area contributed by atoms with Crippen molar-refractivity contribution >= 4 is 11.6 Å². The second-order valence-electron chi connectivity index (χ2n) is 6.87. The summed E-state index contributed by atoms with van der Waals surface area (Å²) >= 11 is 0. The number of ether oxygens (including phenoxy) is 3. The standard InChI is InChI=1S/C19H20FN5O3/c20-15-3-4-16-13(5-7-27-16)14(15)8-21-19-22-9-17(18-24-23-11-25(18)19)28-10-12-2-1-6-26-12/h3-4,9,11-12H,1-2,5-8,10H2,(H,21,22). The van der Waals surface area contributed by atoms with E-state index in [4.69, 9.17) is 14.2 Å². The maximum absolute atomic E-state index is 14.3. The Morgan fingerprint density at radius 3 is 3.18 bits per heavy atom. The molecule has 0 bridgehead atoms. The molecule has 4 heterocycles. The monoisotopic (exact) mass is 385 g/mol. The molecule has 0 spiro atoms. The first-order valence-corrected chi connectivity index (χ1v) is 9.39. The Labute approximate surface area is 160 Å². The average molecular weight is 385 g/mol. The molecule has 3 aromatic rings. The molecule has 28 heavy (non-hydrogen) atoms. The van der Waals surface area contributed by atoms with E-state index >= 15 is 0 Å². The Hall–Kier alpha value is -2.94. The number of nitrogens with zero attached hydrogens (tertiary/aromatic N) is 4. The second kappa shape index (κ2) is 7.23. The fourth-order valence-corrected chi connectivity index (χ4v) is 3.66. The van der Waals surface area contributed by atoms with Crippen molar-refractivity contribution < 1.29 is 18.6 Å². The first-order valence-electron chi connectivity index (χ1n) is 9.39. The van der Waals surface area contributed by atoms with Crippen molar-refractivity contribution in [1.82, 2.24) is 19.6 Å². The number of halogens is 1. The number of rotatable bonds is 6. The summed E-state index contributed by atoms with van der Waals surface area (Å²) in [5, 5.41) is 11.3. The molecule has 1 atom stereocenters. The van der Waals surface area contributed by atoms with E-state index < -0.39 is 0 Å². The van der Waals surface area contributed by atoms with E-state index in [1.807, 2.05) is 0 Å². The molecule has 2 aliphatic rings. The lowest BCUT2D eigenvalue weighted by Crippen LogP contribution is -2.17. The van der Waals surface area contributed by atoms with Gasteiger partial charge in [-0.2, -0.15) is 0 Å². The molecule has 1 unspecified atom stereocenters. The van der Waals surface area contributed by atoms with Crippen molar-refractivity contribution in [2.75, 3.05) is 25.1 Å². The Morgan fingerprint density at radius 1 is 1.32 bits per heavy atom. The average Bonchev–Trinajstić information content (AvgIpc) is 3.47. The van der Waals surface area contributed by atoms with Crippen molar-refractivity contribution in [3.8, 4) is 11.5 Å². The third-order valence-electron chi connectivity index (χ3n) is 5.11. The van der Waals surface area contributed by atoms with Crippen LogP contribution in [0.15, 0.2) is 24.7 Å². The molecule has 1 aromatic carbocycles. The molecule has 5 rings (SSSR count). The van der Waals surface area contributed by atoms with E-state index in [2.05, 4.69) is 20.5 Å². The third kappa shape index (κ3) is 3.11. The molecule has 2 aliphatic heterocycles. The van der Waals surface area contributed by atoms with Crippen LogP contribution in [0, 0.1) is 5.82 Å². The fraction of sp³-hybridized carbons (Fsp3) is 0.421. The Bertz CT molecular complexity index is 1000. The van der Waals surface area contributed by atoms with Gasteiger partial charge in [-0.1, -0.05) is 0 Å². The summed E-state index contributed by atoms with van der Waals surface area (Å²) in [5.41, 5.74) is 2.05. The first-order chi connectivity index (χ1) is 13.8.